The van der Waals surface area contributed by atoms with E-state index >= 15 is 0 Å². The van der Waals surface area contributed by atoms with Crippen LogP contribution in [0.4, 0.5) is 0 Å². The lowest BCUT2D eigenvalue weighted by atomic mass is 10.2. The minimum atomic E-state index is -0.316. The standard InChI is InChI=1S/C12H21N3O3/c1-9(11(16)15-5-7-18-8-6-15)13-10-3-4-14(2)12(10)17/h9-10,13H,3-8H2,1-2H3. The maximum Gasteiger partial charge on any atom is 0.239 e. The van der Waals surface area contributed by atoms with Gasteiger partial charge in [-0.05, 0) is 13.3 Å². The average Bonchev–Trinajstić information content (AvgIpc) is 2.71. The van der Waals surface area contributed by atoms with Crippen molar-refractivity contribution in [2.75, 3.05) is 39.9 Å². The van der Waals surface area contributed by atoms with Gasteiger partial charge in [-0.25, -0.2) is 0 Å². The zero-order valence-electron chi connectivity index (χ0n) is 11.0. The molecule has 2 rings (SSSR count). The molecule has 2 amide bonds. The first kappa shape index (κ1) is 13.3. The van der Waals surface area contributed by atoms with Crippen LogP contribution < -0.4 is 5.32 Å². The average molecular weight is 255 g/mol. The molecule has 0 spiro atoms. The van der Waals surface area contributed by atoms with Crippen LogP contribution in [0.25, 0.3) is 0 Å². The van der Waals surface area contributed by atoms with Crippen molar-refractivity contribution in [1.82, 2.24) is 15.1 Å². The van der Waals surface area contributed by atoms with Crippen LogP contribution in [0.1, 0.15) is 13.3 Å². The number of carbonyl (C=O) groups excluding carboxylic acids is 2. The number of hydrogen-bond acceptors (Lipinski definition) is 4. The topological polar surface area (TPSA) is 61.9 Å². The lowest BCUT2D eigenvalue weighted by Crippen LogP contribution is -2.52. The molecule has 2 saturated heterocycles. The molecule has 2 unspecified atom stereocenters. The second kappa shape index (κ2) is 5.67. The monoisotopic (exact) mass is 255 g/mol. The van der Waals surface area contributed by atoms with Crippen LogP contribution in [0.3, 0.4) is 0 Å². The summed E-state index contributed by atoms with van der Waals surface area (Å²) in [7, 11) is 1.79. The van der Waals surface area contributed by atoms with Crippen LogP contribution in [0, 0.1) is 0 Å². The number of likely N-dealkylation sites (tertiary alicyclic amines) is 1. The van der Waals surface area contributed by atoms with Gasteiger partial charge in [0.25, 0.3) is 0 Å². The molecule has 1 N–H and O–H groups in total. The molecule has 2 heterocycles. The zero-order chi connectivity index (χ0) is 13.1. The Morgan fingerprint density at radius 3 is 2.61 bits per heavy atom. The fourth-order valence-electron chi connectivity index (χ4n) is 2.41. The molecular weight excluding hydrogens is 234 g/mol. The first-order chi connectivity index (χ1) is 8.59. The number of hydrogen-bond donors (Lipinski definition) is 1. The number of carbonyl (C=O) groups is 2. The minimum Gasteiger partial charge on any atom is -0.378 e. The van der Waals surface area contributed by atoms with E-state index in [1.807, 2.05) is 6.92 Å². The highest BCUT2D eigenvalue weighted by Gasteiger charge is 2.32. The predicted molar refractivity (Wildman–Crippen MR) is 66.0 cm³/mol. The van der Waals surface area contributed by atoms with Gasteiger partial charge in [-0.2, -0.15) is 0 Å². The Hall–Kier alpha value is -1.14. The number of nitrogens with zero attached hydrogens (tertiary/aromatic N) is 2. The van der Waals surface area contributed by atoms with E-state index in [1.165, 1.54) is 0 Å². The van der Waals surface area contributed by atoms with Gasteiger partial charge in [-0.15, -0.1) is 0 Å². The molecule has 2 aliphatic heterocycles. The first-order valence-corrected chi connectivity index (χ1v) is 6.47. The van der Waals surface area contributed by atoms with E-state index in [2.05, 4.69) is 5.32 Å². The molecule has 18 heavy (non-hydrogen) atoms. The quantitative estimate of drug-likeness (QED) is 0.706. The summed E-state index contributed by atoms with van der Waals surface area (Å²) in [5.41, 5.74) is 0. The third-order valence-electron chi connectivity index (χ3n) is 3.57. The van der Waals surface area contributed by atoms with Gasteiger partial charge < -0.3 is 14.5 Å². The van der Waals surface area contributed by atoms with E-state index in [9.17, 15) is 9.59 Å². The second-order valence-electron chi connectivity index (χ2n) is 4.93. The van der Waals surface area contributed by atoms with Crippen LogP contribution in [0.2, 0.25) is 0 Å². The summed E-state index contributed by atoms with van der Waals surface area (Å²) in [6.07, 6.45) is 0.774. The first-order valence-electron chi connectivity index (χ1n) is 6.47. The van der Waals surface area contributed by atoms with Gasteiger partial charge in [0.2, 0.25) is 11.8 Å². The Bertz CT molecular complexity index is 329. The molecule has 0 radical (unpaired) electrons. The Balaban J connectivity index is 1.85. The van der Waals surface area contributed by atoms with Gasteiger partial charge in [0.1, 0.15) is 0 Å². The van der Waals surface area contributed by atoms with Crippen LogP contribution in [-0.4, -0.2) is 73.6 Å². The molecule has 2 aliphatic rings. The van der Waals surface area contributed by atoms with Crippen LogP contribution >= 0.6 is 0 Å². The van der Waals surface area contributed by atoms with Crippen molar-refractivity contribution in [3.05, 3.63) is 0 Å². The maximum absolute atomic E-state index is 12.2. The van der Waals surface area contributed by atoms with Crippen LogP contribution in [-0.2, 0) is 14.3 Å². The van der Waals surface area contributed by atoms with Gasteiger partial charge in [0.05, 0.1) is 25.3 Å². The number of morpholine rings is 1. The fourth-order valence-corrected chi connectivity index (χ4v) is 2.41. The third-order valence-corrected chi connectivity index (χ3v) is 3.57. The van der Waals surface area contributed by atoms with E-state index in [0.29, 0.717) is 26.3 Å². The third kappa shape index (κ3) is 2.81. The molecule has 0 aliphatic carbocycles. The summed E-state index contributed by atoms with van der Waals surface area (Å²) in [4.78, 5) is 27.4. The number of nitrogens with one attached hydrogen (secondary N) is 1. The Morgan fingerprint density at radius 1 is 1.39 bits per heavy atom. The molecule has 2 fully saturated rings. The molecule has 0 saturated carbocycles. The highest BCUT2D eigenvalue weighted by atomic mass is 16.5. The summed E-state index contributed by atoms with van der Waals surface area (Å²) in [5, 5.41) is 3.13. The molecule has 2 atom stereocenters. The Kier molecular flexibility index (Phi) is 4.19. The zero-order valence-corrected chi connectivity index (χ0v) is 11.0. The highest BCUT2D eigenvalue weighted by molar-refractivity contribution is 5.86. The molecule has 6 heteroatoms. The summed E-state index contributed by atoms with van der Waals surface area (Å²) in [5.74, 6) is 0.136. The van der Waals surface area contributed by atoms with Crippen molar-refractivity contribution < 1.29 is 14.3 Å². The molecule has 0 bridgehead atoms. The summed E-state index contributed by atoms with van der Waals surface area (Å²) >= 11 is 0. The number of amides is 2. The van der Waals surface area contributed by atoms with Crippen molar-refractivity contribution in [3.63, 3.8) is 0 Å². The predicted octanol–water partition coefficient (Wildman–Crippen LogP) is -0.946. The van der Waals surface area contributed by atoms with E-state index < -0.39 is 0 Å². The van der Waals surface area contributed by atoms with Crippen molar-refractivity contribution in [2.45, 2.75) is 25.4 Å². The van der Waals surface area contributed by atoms with E-state index in [1.54, 1.807) is 16.8 Å². The smallest absolute Gasteiger partial charge is 0.239 e. The number of ether oxygens (including phenoxy) is 1. The van der Waals surface area contributed by atoms with Gasteiger partial charge >= 0.3 is 0 Å². The Labute approximate surface area is 107 Å². The highest BCUT2D eigenvalue weighted by Crippen LogP contribution is 2.10. The molecule has 0 aromatic heterocycles. The van der Waals surface area contributed by atoms with Crippen molar-refractivity contribution >= 4 is 11.8 Å². The SMILES string of the molecule is CC(NC1CCN(C)C1=O)C(=O)N1CCOCC1. The number of rotatable bonds is 3. The van der Waals surface area contributed by atoms with Gasteiger partial charge in [-0.1, -0.05) is 0 Å². The molecule has 0 aromatic carbocycles. The molecular formula is C12H21N3O3. The number of likely N-dealkylation sites (N-methyl/N-ethyl adjacent to an activating group) is 1. The molecule has 0 aromatic rings. The normalized spacial score (nSPS) is 26.6. The minimum absolute atomic E-state index is 0.0562. The van der Waals surface area contributed by atoms with Crippen molar-refractivity contribution in [1.29, 1.82) is 0 Å². The Morgan fingerprint density at radius 2 is 2.06 bits per heavy atom. The van der Waals surface area contributed by atoms with Crippen molar-refractivity contribution in [3.8, 4) is 0 Å². The van der Waals surface area contributed by atoms with Crippen molar-refractivity contribution in [2.24, 2.45) is 0 Å². The summed E-state index contributed by atoms with van der Waals surface area (Å²) in [6, 6.07) is -0.529. The summed E-state index contributed by atoms with van der Waals surface area (Å²) < 4.78 is 5.22. The largest absolute Gasteiger partial charge is 0.378 e. The van der Waals surface area contributed by atoms with E-state index in [4.69, 9.17) is 4.74 Å². The molecule has 6 nitrogen and oxygen atoms in total. The van der Waals surface area contributed by atoms with Gasteiger partial charge in [-0.3, -0.25) is 14.9 Å². The van der Waals surface area contributed by atoms with Gasteiger partial charge in [0.15, 0.2) is 0 Å². The lowest BCUT2D eigenvalue weighted by Gasteiger charge is -2.30. The fraction of sp³-hybridized carbons (Fsp3) is 0.833. The van der Waals surface area contributed by atoms with Crippen LogP contribution in [0.5, 0.6) is 0 Å². The van der Waals surface area contributed by atoms with E-state index in [0.717, 1.165) is 13.0 Å². The molecule has 102 valence electrons. The van der Waals surface area contributed by atoms with Gasteiger partial charge in [0, 0.05) is 26.7 Å². The summed E-state index contributed by atoms with van der Waals surface area (Å²) in [6.45, 7) is 5.07. The van der Waals surface area contributed by atoms with E-state index in [-0.39, 0.29) is 23.9 Å². The second-order valence-corrected chi connectivity index (χ2v) is 4.93. The lowest BCUT2D eigenvalue weighted by molar-refractivity contribution is -0.137. The van der Waals surface area contributed by atoms with Crippen LogP contribution in [0.15, 0.2) is 0 Å². The maximum atomic E-state index is 12.2.